The van der Waals surface area contributed by atoms with Crippen molar-refractivity contribution in [2.24, 2.45) is 5.10 Å². The summed E-state index contributed by atoms with van der Waals surface area (Å²) in [4.78, 5) is 12.1. The summed E-state index contributed by atoms with van der Waals surface area (Å²) in [6, 6.07) is 4.98. The number of amides is 1. The third kappa shape index (κ3) is 2.91. The number of ether oxygens (including phenoxy) is 1. The van der Waals surface area contributed by atoms with Gasteiger partial charge in [0.05, 0.1) is 19.0 Å². The van der Waals surface area contributed by atoms with Crippen molar-refractivity contribution >= 4 is 23.7 Å². The molecule has 1 aromatic heterocycles. The lowest BCUT2D eigenvalue weighted by atomic mass is 10.2. The maximum Gasteiger partial charge on any atom is 0.285 e. The number of hydrazone groups is 1. The zero-order chi connectivity index (χ0) is 14.5. The SMILES string of the molecule is COc1cccc(/C=N\NC(=O)c2snnc2C)c1O. The Labute approximate surface area is 119 Å². The first-order valence-electron chi connectivity index (χ1n) is 5.61. The Hall–Kier alpha value is -2.48. The molecule has 0 fully saturated rings. The van der Waals surface area contributed by atoms with E-state index in [-0.39, 0.29) is 5.75 Å². The van der Waals surface area contributed by atoms with Gasteiger partial charge in [0.1, 0.15) is 4.88 Å². The average Bonchev–Trinajstić information content (AvgIpc) is 2.87. The number of methoxy groups -OCH3 is 1. The monoisotopic (exact) mass is 292 g/mol. The predicted octanol–water partition coefficient (Wildman–Crippen LogP) is 1.32. The van der Waals surface area contributed by atoms with Crippen LogP contribution in [0.4, 0.5) is 0 Å². The molecule has 8 heteroatoms. The van der Waals surface area contributed by atoms with E-state index in [2.05, 4.69) is 20.1 Å². The number of phenolic OH excluding ortho intramolecular Hbond substituents is 1. The molecule has 104 valence electrons. The first-order chi connectivity index (χ1) is 9.63. The molecule has 0 spiro atoms. The Kier molecular flexibility index (Phi) is 4.26. The number of benzene rings is 1. The van der Waals surface area contributed by atoms with Crippen molar-refractivity contribution in [3.8, 4) is 11.5 Å². The molecule has 0 unspecified atom stereocenters. The molecule has 0 saturated carbocycles. The number of aryl methyl sites for hydroxylation is 1. The molecule has 1 amide bonds. The number of aromatic nitrogens is 2. The number of para-hydroxylation sites is 1. The fraction of sp³-hybridized carbons (Fsp3) is 0.167. The Bertz CT molecular complexity index is 654. The molecule has 0 aliphatic carbocycles. The van der Waals surface area contributed by atoms with Crippen LogP contribution in [0.3, 0.4) is 0 Å². The van der Waals surface area contributed by atoms with Crippen LogP contribution < -0.4 is 10.2 Å². The molecular weight excluding hydrogens is 280 g/mol. The largest absolute Gasteiger partial charge is 0.504 e. The highest BCUT2D eigenvalue weighted by Gasteiger charge is 2.12. The number of hydrogen-bond donors (Lipinski definition) is 2. The highest BCUT2D eigenvalue weighted by molar-refractivity contribution is 7.07. The molecule has 2 rings (SSSR count). The van der Waals surface area contributed by atoms with Crippen LogP contribution in [0.25, 0.3) is 0 Å². The lowest BCUT2D eigenvalue weighted by molar-refractivity contribution is 0.0958. The second-order valence-electron chi connectivity index (χ2n) is 3.78. The maximum absolute atomic E-state index is 11.7. The van der Waals surface area contributed by atoms with Crippen molar-refractivity contribution in [2.45, 2.75) is 6.92 Å². The molecule has 7 nitrogen and oxygen atoms in total. The second kappa shape index (κ2) is 6.11. The van der Waals surface area contributed by atoms with Crippen molar-refractivity contribution in [3.63, 3.8) is 0 Å². The minimum Gasteiger partial charge on any atom is -0.504 e. The van der Waals surface area contributed by atoms with Gasteiger partial charge in [-0.05, 0) is 30.6 Å². The van der Waals surface area contributed by atoms with Crippen LogP contribution in [-0.4, -0.2) is 33.9 Å². The number of carbonyl (C=O) groups is 1. The van der Waals surface area contributed by atoms with Crippen LogP contribution in [0.5, 0.6) is 11.5 Å². The van der Waals surface area contributed by atoms with E-state index in [1.54, 1.807) is 25.1 Å². The van der Waals surface area contributed by atoms with Gasteiger partial charge in [0, 0.05) is 5.56 Å². The van der Waals surface area contributed by atoms with E-state index in [0.29, 0.717) is 21.9 Å². The number of rotatable bonds is 4. The average molecular weight is 292 g/mol. The maximum atomic E-state index is 11.7. The molecule has 0 aliphatic heterocycles. The smallest absolute Gasteiger partial charge is 0.285 e. The second-order valence-corrected chi connectivity index (χ2v) is 4.54. The topological polar surface area (TPSA) is 96.7 Å². The van der Waals surface area contributed by atoms with E-state index in [1.807, 2.05) is 0 Å². The lowest BCUT2D eigenvalue weighted by Crippen LogP contribution is -2.17. The van der Waals surface area contributed by atoms with E-state index in [0.717, 1.165) is 11.5 Å². The highest BCUT2D eigenvalue weighted by Crippen LogP contribution is 2.27. The Balaban J connectivity index is 2.08. The molecule has 2 N–H and O–H groups in total. The van der Waals surface area contributed by atoms with E-state index >= 15 is 0 Å². The molecule has 2 aromatic rings. The number of phenols is 1. The van der Waals surface area contributed by atoms with Crippen molar-refractivity contribution in [2.75, 3.05) is 7.11 Å². The van der Waals surface area contributed by atoms with Gasteiger partial charge in [-0.3, -0.25) is 4.79 Å². The molecule has 1 aromatic carbocycles. The molecule has 20 heavy (non-hydrogen) atoms. The fourth-order valence-electron chi connectivity index (χ4n) is 1.46. The van der Waals surface area contributed by atoms with Gasteiger partial charge in [0.15, 0.2) is 11.5 Å². The number of carbonyl (C=O) groups excluding carboxylic acids is 1. The van der Waals surface area contributed by atoms with Crippen LogP contribution in [0.15, 0.2) is 23.3 Å². The first kappa shape index (κ1) is 13.9. The predicted molar refractivity (Wildman–Crippen MR) is 74.4 cm³/mol. The summed E-state index contributed by atoms with van der Waals surface area (Å²) in [5, 5.41) is 17.4. The van der Waals surface area contributed by atoms with Gasteiger partial charge in [0.25, 0.3) is 5.91 Å². The minimum absolute atomic E-state index is 0.0383. The molecule has 0 atom stereocenters. The molecule has 0 bridgehead atoms. The Morgan fingerprint density at radius 2 is 2.35 bits per heavy atom. The summed E-state index contributed by atoms with van der Waals surface area (Å²) in [6.07, 6.45) is 1.33. The molecule has 0 aliphatic rings. The molecular formula is C12H12N4O3S. The third-order valence-corrected chi connectivity index (χ3v) is 3.30. The fourth-order valence-corrected chi connectivity index (χ4v) is 2.01. The van der Waals surface area contributed by atoms with Crippen molar-refractivity contribution < 1.29 is 14.6 Å². The summed E-state index contributed by atoms with van der Waals surface area (Å²) >= 11 is 0.997. The summed E-state index contributed by atoms with van der Waals surface area (Å²) in [5.74, 6) is -0.0949. The Morgan fingerprint density at radius 1 is 1.55 bits per heavy atom. The number of hydrogen-bond acceptors (Lipinski definition) is 7. The quantitative estimate of drug-likeness (QED) is 0.654. The first-order valence-corrected chi connectivity index (χ1v) is 6.39. The van der Waals surface area contributed by atoms with Crippen LogP contribution in [0, 0.1) is 6.92 Å². The van der Waals surface area contributed by atoms with Crippen LogP contribution >= 0.6 is 11.5 Å². The minimum atomic E-state index is -0.392. The van der Waals surface area contributed by atoms with Crippen molar-refractivity contribution in [3.05, 3.63) is 34.3 Å². The van der Waals surface area contributed by atoms with E-state index in [9.17, 15) is 9.90 Å². The van der Waals surface area contributed by atoms with Gasteiger partial charge >= 0.3 is 0 Å². The van der Waals surface area contributed by atoms with Gasteiger partial charge in [0.2, 0.25) is 0 Å². The van der Waals surface area contributed by atoms with Gasteiger partial charge in [-0.2, -0.15) is 5.10 Å². The summed E-state index contributed by atoms with van der Waals surface area (Å²) in [7, 11) is 1.46. The van der Waals surface area contributed by atoms with E-state index in [1.165, 1.54) is 13.3 Å². The number of nitrogens with zero attached hydrogens (tertiary/aromatic N) is 3. The number of nitrogens with one attached hydrogen (secondary N) is 1. The van der Waals surface area contributed by atoms with Gasteiger partial charge in [-0.25, -0.2) is 5.43 Å². The van der Waals surface area contributed by atoms with Crippen LogP contribution in [0.2, 0.25) is 0 Å². The zero-order valence-corrected chi connectivity index (χ0v) is 11.6. The van der Waals surface area contributed by atoms with Crippen molar-refractivity contribution in [1.82, 2.24) is 15.0 Å². The van der Waals surface area contributed by atoms with Gasteiger partial charge in [-0.15, -0.1) is 5.10 Å². The lowest BCUT2D eigenvalue weighted by Gasteiger charge is -2.04. The van der Waals surface area contributed by atoms with E-state index < -0.39 is 5.91 Å². The molecule has 1 heterocycles. The normalized spacial score (nSPS) is 10.7. The van der Waals surface area contributed by atoms with Crippen LogP contribution in [-0.2, 0) is 0 Å². The highest BCUT2D eigenvalue weighted by atomic mass is 32.1. The summed E-state index contributed by atoms with van der Waals surface area (Å²) in [6.45, 7) is 1.69. The standard InChI is InChI=1S/C12H12N4O3S/c1-7-11(20-16-14-7)12(18)15-13-6-8-4-3-5-9(19-2)10(8)17/h3-6,17H,1-2H3,(H,15,18)/b13-6-. The molecule has 0 saturated heterocycles. The Morgan fingerprint density at radius 3 is 3.00 bits per heavy atom. The van der Waals surface area contributed by atoms with Gasteiger partial charge < -0.3 is 9.84 Å². The van der Waals surface area contributed by atoms with Crippen molar-refractivity contribution in [1.29, 1.82) is 0 Å². The van der Waals surface area contributed by atoms with Gasteiger partial charge in [-0.1, -0.05) is 10.6 Å². The van der Waals surface area contributed by atoms with E-state index in [4.69, 9.17) is 4.74 Å². The third-order valence-electron chi connectivity index (χ3n) is 2.48. The summed E-state index contributed by atoms with van der Waals surface area (Å²) < 4.78 is 8.64. The summed E-state index contributed by atoms with van der Waals surface area (Å²) in [5.41, 5.74) is 3.33. The zero-order valence-electron chi connectivity index (χ0n) is 10.8. The number of aromatic hydroxyl groups is 1. The van der Waals surface area contributed by atoms with Crippen LogP contribution in [0.1, 0.15) is 20.9 Å². The molecule has 0 radical (unpaired) electrons.